The first-order chi connectivity index (χ1) is 40.6. The molecular formula is C72H96N12. The summed E-state index contributed by atoms with van der Waals surface area (Å²) >= 11 is 0. The van der Waals surface area contributed by atoms with Crippen molar-refractivity contribution < 1.29 is 0 Å². The van der Waals surface area contributed by atoms with Crippen LogP contribution in [0.4, 0.5) is 0 Å². The van der Waals surface area contributed by atoms with E-state index in [1.807, 2.05) is 172 Å². The highest BCUT2D eigenvalue weighted by Gasteiger charge is 2.03. The number of rotatable bonds is 0. The van der Waals surface area contributed by atoms with E-state index in [-0.39, 0.29) is 0 Å². The average Bonchev–Trinajstić information content (AvgIpc) is 3.52. The highest BCUT2D eigenvalue weighted by atomic mass is 15.1. The Morgan fingerprint density at radius 3 is 1.48 bits per heavy atom. The van der Waals surface area contributed by atoms with Gasteiger partial charge in [-0.1, -0.05) is 113 Å². The van der Waals surface area contributed by atoms with Gasteiger partial charge in [0.25, 0.3) is 0 Å². The molecule has 12 nitrogen and oxygen atoms in total. The van der Waals surface area contributed by atoms with Gasteiger partial charge in [-0.25, -0.2) is 19.9 Å². The first-order valence-electron chi connectivity index (χ1n) is 29.7. The summed E-state index contributed by atoms with van der Waals surface area (Å²) in [6.07, 6.45) is 14.1. The summed E-state index contributed by atoms with van der Waals surface area (Å²) < 4.78 is 0. The van der Waals surface area contributed by atoms with Crippen LogP contribution in [0, 0.1) is 83.1 Å². The van der Waals surface area contributed by atoms with Gasteiger partial charge in [0, 0.05) is 75.8 Å². The Morgan fingerprint density at radius 1 is 0.298 bits per heavy atom. The first-order valence-corrected chi connectivity index (χ1v) is 29.7. The van der Waals surface area contributed by atoms with Crippen LogP contribution < -0.4 is 0 Å². The Kier molecular flexibility index (Phi) is 35.4. The molecule has 8 aromatic heterocycles. The molecule has 4 aromatic carbocycles. The van der Waals surface area contributed by atoms with Gasteiger partial charge in [-0.05, 0) is 194 Å². The molecule has 84 heavy (non-hydrogen) atoms. The fourth-order valence-electron chi connectivity index (χ4n) is 8.16. The number of benzene rings is 4. The summed E-state index contributed by atoms with van der Waals surface area (Å²) in [4.78, 5) is 42.4. The maximum Gasteiger partial charge on any atom is 0.125 e. The van der Waals surface area contributed by atoms with Crippen LogP contribution in [0.5, 0.6) is 0 Å². The number of hydrogen-bond donors (Lipinski definition) is 0. The Bertz CT molecular complexity index is 3330. The van der Waals surface area contributed by atoms with Crippen molar-refractivity contribution in [1.29, 1.82) is 0 Å². The van der Waals surface area contributed by atoms with Crippen LogP contribution in [0.25, 0.3) is 65.7 Å². The molecule has 0 saturated heterocycles. The summed E-state index contributed by atoms with van der Waals surface area (Å²) in [5, 5.41) is 12.4. The summed E-state index contributed by atoms with van der Waals surface area (Å²) in [6, 6.07) is 32.8. The van der Waals surface area contributed by atoms with Gasteiger partial charge in [-0.3, -0.25) is 29.9 Å². The molecule has 0 unspecified atom stereocenters. The van der Waals surface area contributed by atoms with Gasteiger partial charge in [0.05, 0.1) is 50.3 Å². The number of nitrogens with zero attached hydrogens (tertiary/aromatic N) is 12. The van der Waals surface area contributed by atoms with Crippen LogP contribution in [0.15, 0.2) is 147 Å². The molecule has 0 spiro atoms. The third-order valence-corrected chi connectivity index (χ3v) is 11.5. The predicted octanol–water partition coefficient (Wildman–Crippen LogP) is 19.6. The lowest BCUT2D eigenvalue weighted by atomic mass is 10.1. The standard InChI is InChI=1S/6C10H10N2.6C2H6/c1-7-3-8(2)9-5-11-6-12-10(9)4-7;1-7-5-8(2)10-9(6-7)11-3-4-12-10;1-7-5-8(2)9-3-4-11-12-10(9)6-7;1-7-3-4-9-6-11-8(2)5-10(9)12-7;1-7-3-4-9-6-11-8(2)12-10(9)5-7;1-7-6-8(2)12-9-4-3-5-11-10(7)9;6*1-2/h6*3-6H,1-2H3;6*1-2H3. The van der Waals surface area contributed by atoms with Crippen molar-refractivity contribution in [2.75, 3.05) is 0 Å². The van der Waals surface area contributed by atoms with E-state index in [2.05, 4.69) is 170 Å². The number of aromatic nitrogens is 12. The zero-order chi connectivity index (χ0) is 63.3. The van der Waals surface area contributed by atoms with Gasteiger partial charge in [-0.15, -0.1) is 0 Å². The number of aryl methyl sites for hydroxylation is 12. The SMILES string of the molecule is CC.CC.CC.CC.CC.CC.Cc1cc(C)c2ccnnc2c1.Cc1cc(C)c2cncnc2c1.Cc1cc(C)c2ncccc2n1.Cc1cc(C)c2nccnc2c1.Cc1cc2nc(C)ccc2cn1.Cc1ccc2cnc(C)nc2c1. The third-order valence-electron chi connectivity index (χ3n) is 11.5. The lowest BCUT2D eigenvalue weighted by molar-refractivity contribution is 1.07. The third kappa shape index (κ3) is 23.7. The molecule has 0 aliphatic rings. The van der Waals surface area contributed by atoms with Crippen molar-refractivity contribution in [2.45, 2.75) is 166 Å². The smallest absolute Gasteiger partial charge is 0.125 e. The molecule has 12 heteroatoms. The molecule has 444 valence electrons. The topological polar surface area (TPSA) is 155 Å². The second-order valence-electron chi connectivity index (χ2n) is 18.0. The van der Waals surface area contributed by atoms with Gasteiger partial charge < -0.3 is 0 Å². The van der Waals surface area contributed by atoms with Gasteiger partial charge in [-0.2, -0.15) is 10.2 Å². The van der Waals surface area contributed by atoms with E-state index in [4.69, 9.17) is 0 Å². The number of fused-ring (bicyclic) bond motifs is 6. The molecular weight excluding hydrogens is 1030 g/mol. The van der Waals surface area contributed by atoms with Crippen molar-refractivity contribution >= 4 is 65.7 Å². The van der Waals surface area contributed by atoms with E-state index in [1.165, 1.54) is 49.9 Å². The zero-order valence-corrected chi connectivity index (χ0v) is 55.2. The summed E-state index contributed by atoms with van der Waals surface area (Å²) in [5.41, 5.74) is 21.0. The predicted molar refractivity (Wildman–Crippen MR) is 362 cm³/mol. The van der Waals surface area contributed by atoms with E-state index < -0.39 is 0 Å². The molecule has 0 N–H and O–H groups in total. The monoisotopic (exact) mass is 1130 g/mol. The molecule has 8 heterocycles. The minimum Gasteiger partial charge on any atom is -0.261 e. The maximum atomic E-state index is 4.40. The van der Waals surface area contributed by atoms with E-state index in [9.17, 15) is 0 Å². The average molecular weight is 1130 g/mol. The van der Waals surface area contributed by atoms with Gasteiger partial charge in [0.1, 0.15) is 12.2 Å². The van der Waals surface area contributed by atoms with Crippen LogP contribution in [-0.4, -0.2) is 60.0 Å². The van der Waals surface area contributed by atoms with E-state index in [1.54, 1.807) is 31.1 Å². The van der Waals surface area contributed by atoms with Gasteiger partial charge in [0.15, 0.2) is 0 Å². The molecule has 12 aromatic rings. The summed E-state index contributed by atoms with van der Waals surface area (Å²) in [5.74, 6) is 0.827. The lowest BCUT2D eigenvalue weighted by Crippen LogP contribution is -1.88. The Hall–Kier alpha value is -8.64. The van der Waals surface area contributed by atoms with E-state index >= 15 is 0 Å². The normalized spacial score (nSPS) is 9.43. The van der Waals surface area contributed by atoms with Crippen LogP contribution in [0.2, 0.25) is 0 Å². The molecule has 0 saturated carbocycles. The first kappa shape index (κ1) is 73.4. The van der Waals surface area contributed by atoms with Crippen LogP contribution >= 0.6 is 0 Å². The minimum absolute atomic E-state index is 0.827. The fraction of sp³-hybridized carbons (Fsp3) is 0.333. The highest BCUT2D eigenvalue weighted by molar-refractivity contribution is 5.83. The Labute approximate surface area is 503 Å². The van der Waals surface area contributed by atoms with Crippen molar-refractivity contribution in [3.05, 3.63) is 214 Å². The van der Waals surface area contributed by atoms with Gasteiger partial charge in [0.2, 0.25) is 0 Å². The zero-order valence-electron chi connectivity index (χ0n) is 55.2. The number of hydrogen-bond acceptors (Lipinski definition) is 12. The Morgan fingerprint density at radius 2 is 0.810 bits per heavy atom. The second-order valence-corrected chi connectivity index (χ2v) is 18.0. The molecule has 0 bridgehead atoms. The maximum absolute atomic E-state index is 4.40. The van der Waals surface area contributed by atoms with Crippen LogP contribution in [0.3, 0.4) is 0 Å². The fourth-order valence-corrected chi connectivity index (χ4v) is 8.16. The summed E-state index contributed by atoms with van der Waals surface area (Å²) in [6.45, 7) is 48.5. The molecule has 0 aliphatic carbocycles. The molecule has 0 radical (unpaired) electrons. The highest BCUT2D eigenvalue weighted by Crippen LogP contribution is 2.20. The number of pyridine rings is 4. The largest absolute Gasteiger partial charge is 0.261 e. The Balaban J connectivity index is 0.000000486. The van der Waals surface area contributed by atoms with Crippen molar-refractivity contribution in [3.63, 3.8) is 0 Å². The van der Waals surface area contributed by atoms with E-state index in [0.717, 1.165) is 83.2 Å². The van der Waals surface area contributed by atoms with Crippen LogP contribution in [-0.2, 0) is 0 Å². The van der Waals surface area contributed by atoms with E-state index in [0.29, 0.717) is 0 Å². The molecule has 0 amide bonds. The molecule has 0 aliphatic heterocycles. The molecule has 0 atom stereocenters. The molecule has 0 fully saturated rings. The van der Waals surface area contributed by atoms with Gasteiger partial charge >= 0.3 is 0 Å². The van der Waals surface area contributed by atoms with Crippen molar-refractivity contribution in [3.8, 4) is 0 Å². The van der Waals surface area contributed by atoms with Crippen LogP contribution in [0.1, 0.15) is 150 Å². The minimum atomic E-state index is 0.827. The van der Waals surface area contributed by atoms with Crippen molar-refractivity contribution in [2.24, 2.45) is 0 Å². The summed E-state index contributed by atoms with van der Waals surface area (Å²) in [7, 11) is 0. The molecule has 12 rings (SSSR count). The second kappa shape index (κ2) is 40.5. The van der Waals surface area contributed by atoms with Crippen molar-refractivity contribution in [1.82, 2.24) is 60.0 Å². The quantitative estimate of drug-likeness (QED) is 0.142. The lowest BCUT2D eigenvalue weighted by Gasteiger charge is -2.01.